The SMILES string of the molecule is Cc1ccc(Oc2cccc3c2C(=O)c2cccc(Oc4ccc(C)cc4)c2C3=O)cc1. The van der Waals surface area contributed by atoms with Gasteiger partial charge in [-0.15, -0.1) is 0 Å². The summed E-state index contributed by atoms with van der Waals surface area (Å²) in [5.41, 5.74) is 3.39. The molecule has 4 nitrogen and oxygen atoms in total. The van der Waals surface area contributed by atoms with Gasteiger partial charge in [-0.05, 0) is 50.2 Å². The molecule has 0 aromatic heterocycles. The van der Waals surface area contributed by atoms with Crippen molar-refractivity contribution in [1.82, 2.24) is 0 Å². The number of hydrogen-bond acceptors (Lipinski definition) is 4. The molecular formula is C28H20O4. The minimum atomic E-state index is -0.258. The fourth-order valence-corrected chi connectivity index (χ4v) is 3.82. The van der Waals surface area contributed by atoms with Gasteiger partial charge < -0.3 is 9.47 Å². The van der Waals surface area contributed by atoms with Crippen LogP contribution in [0, 0.1) is 13.8 Å². The molecular weight excluding hydrogens is 400 g/mol. The minimum absolute atomic E-state index is 0.258. The Morgan fingerprint density at radius 1 is 0.500 bits per heavy atom. The lowest BCUT2D eigenvalue weighted by atomic mass is 9.83. The van der Waals surface area contributed by atoms with Crippen LogP contribution in [-0.4, -0.2) is 11.6 Å². The molecule has 156 valence electrons. The van der Waals surface area contributed by atoms with Crippen LogP contribution in [0.1, 0.15) is 43.0 Å². The van der Waals surface area contributed by atoms with E-state index >= 15 is 0 Å². The van der Waals surface area contributed by atoms with Crippen molar-refractivity contribution in [2.75, 3.05) is 0 Å². The zero-order valence-electron chi connectivity index (χ0n) is 17.7. The van der Waals surface area contributed by atoms with Gasteiger partial charge in [-0.25, -0.2) is 0 Å². The van der Waals surface area contributed by atoms with Crippen molar-refractivity contribution in [3.63, 3.8) is 0 Å². The van der Waals surface area contributed by atoms with Crippen LogP contribution in [0.25, 0.3) is 0 Å². The number of ether oxygens (including phenoxy) is 2. The Morgan fingerprint density at radius 3 is 1.25 bits per heavy atom. The Bertz CT molecular complexity index is 1240. The number of carbonyl (C=O) groups excluding carboxylic acids is 2. The summed E-state index contributed by atoms with van der Waals surface area (Å²) in [6.45, 7) is 3.98. The molecule has 4 aromatic rings. The van der Waals surface area contributed by atoms with E-state index in [1.165, 1.54) is 0 Å². The molecule has 0 spiro atoms. The standard InChI is InChI=1S/C28H20O4/c1-17-9-13-19(14-10-17)31-23-7-3-5-21-25(23)27(29)22-6-4-8-24(26(22)28(21)30)32-20-15-11-18(2)12-16-20/h3-16H,1-2H3. The summed E-state index contributed by atoms with van der Waals surface area (Å²) >= 11 is 0. The van der Waals surface area contributed by atoms with E-state index in [1.807, 2.05) is 62.4 Å². The van der Waals surface area contributed by atoms with Gasteiger partial charge in [-0.2, -0.15) is 0 Å². The highest BCUT2D eigenvalue weighted by Gasteiger charge is 2.35. The van der Waals surface area contributed by atoms with E-state index in [4.69, 9.17) is 9.47 Å². The Balaban J connectivity index is 1.56. The van der Waals surface area contributed by atoms with E-state index in [1.54, 1.807) is 36.4 Å². The second kappa shape index (κ2) is 7.82. The smallest absolute Gasteiger partial charge is 0.198 e. The molecule has 0 N–H and O–H groups in total. The average molecular weight is 420 g/mol. The second-order valence-electron chi connectivity index (χ2n) is 7.85. The van der Waals surface area contributed by atoms with Crippen molar-refractivity contribution < 1.29 is 19.1 Å². The lowest BCUT2D eigenvalue weighted by molar-refractivity contribution is 0.0975. The fourth-order valence-electron chi connectivity index (χ4n) is 3.82. The summed E-state index contributed by atoms with van der Waals surface area (Å²) in [4.78, 5) is 27.0. The van der Waals surface area contributed by atoms with Crippen LogP contribution in [0.15, 0.2) is 84.9 Å². The Kier molecular flexibility index (Phi) is 4.83. The van der Waals surface area contributed by atoms with Crippen molar-refractivity contribution in [3.05, 3.63) is 118 Å². The Hall–Kier alpha value is -4.18. The minimum Gasteiger partial charge on any atom is -0.457 e. The molecule has 0 bridgehead atoms. The number of carbonyl (C=O) groups is 2. The number of ketones is 2. The number of hydrogen-bond donors (Lipinski definition) is 0. The van der Waals surface area contributed by atoms with E-state index < -0.39 is 0 Å². The van der Waals surface area contributed by atoms with Crippen LogP contribution >= 0.6 is 0 Å². The van der Waals surface area contributed by atoms with E-state index in [9.17, 15) is 9.59 Å². The third-order valence-corrected chi connectivity index (χ3v) is 5.49. The largest absolute Gasteiger partial charge is 0.457 e. The third kappa shape index (κ3) is 3.46. The molecule has 0 radical (unpaired) electrons. The Morgan fingerprint density at radius 2 is 0.875 bits per heavy atom. The first-order valence-electron chi connectivity index (χ1n) is 10.4. The van der Waals surface area contributed by atoms with Crippen LogP contribution in [0.4, 0.5) is 0 Å². The number of benzene rings is 4. The molecule has 4 heteroatoms. The molecule has 0 saturated carbocycles. The lowest BCUT2D eigenvalue weighted by Gasteiger charge is -2.22. The molecule has 4 aromatic carbocycles. The summed E-state index contributed by atoms with van der Waals surface area (Å²) in [6, 6.07) is 25.3. The van der Waals surface area contributed by atoms with Crippen molar-refractivity contribution in [2.24, 2.45) is 0 Å². The zero-order valence-corrected chi connectivity index (χ0v) is 17.7. The van der Waals surface area contributed by atoms with Crippen molar-refractivity contribution in [1.29, 1.82) is 0 Å². The zero-order chi connectivity index (χ0) is 22.2. The van der Waals surface area contributed by atoms with Crippen LogP contribution in [0.5, 0.6) is 23.0 Å². The van der Waals surface area contributed by atoms with E-state index in [0.717, 1.165) is 11.1 Å². The highest BCUT2D eigenvalue weighted by molar-refractivity contribution is 6.30. The summed E-state index contributed by atoms with van der Waals surface area (Å²) in [5, 5.41) is 0. The summed E-state index contributed by atoms with van der Waals surface area (Å²) in [5.74, 6) is 1.41. The Labute approximate surface area is 186 Å². The van der Waals surface area contributed by atoms with Crippen molar-refractivity contribution in [2.45, 2.75) is 13.8 Å². The van der Waals surface area contributed by atoms with Gasteiger partial charge in [0.2, 0.25) is 0 Å². The van der Waals surface area contributed by atoms with Gasteiger partial charge in [-0.3, -0.25) is 9.59 Å². The van der Waals surface area contributed by atoms with Gasteiger partial charge >= 0.3 is 0 Å². The quantitative estimate of drug-likeness (QED) is 0.326. The molecule has 32 heavy (non-hydrogen) atoms. The summed E-state index contributed by atoms with van der Waals surface area (Å²) in [6.07, 6.45) is 0. The van der Waals surface area contributed by atoms with E-state index in [2.05, 4.69) is 0 Å². The van der Waals surface area contributed by atoms with Gasteiger partial charge in [0.1, 0.15) is 23.0 Å². The first kappa shape index (κ1) is 19.8. The van der Waals surface area contributed by atoms with Gasteiger partial charge in [-0.1, -0.05) is 59.7 Å². The van der Waals surface area contributed by atoms with Crippen molar-refractivity contribution in [3.8, 4) is 23.0 Å². The predicted octanol–water partition coefficient (Wildman–Crippen LogP) is 6.66. The molecule has 0 amide bonds. The first-order chi connectivity index (χ1) is 15.5. The normalized spacial score (nSPS) is 12.2. The molecule has 0 atom stereocenters. The molecule has 0 heterocycles. The van der Waals surface area contributed by atoms with Crippen LogP contribution in [0.2, 0.25) is 0 Å². The lowest BCUT2D eigenvalue weighted by Crippen LogP contribution is -2.22. The molecule has 1 aliphatic rings. The molecule has 0 saturated heterocycles. The van der Waals surface area contributed by atoms with Gasteiger partial charge in [0, 0.05) is 11.1 Å². The van der Waals surface area contributed by atoms with Crippen LogP contribution in [0.3, 0.4) is 0 Å². The van der Waals surface area contributed by atoms with Crippen LogP contribution < -0.4 is 9.47 Å². The molecule has 0 fully saturated rings. The summed E-state index contributed by atoms with van der Waals surface area (Å²) < 4.78 is 12.0. The van der Waals surface area contributed by atoms with E-state index in [-0.39, 0.29) is 22.7 Å². The highest BCUT2D eigenvalue weighted by atomic mass is 16.5. The molecule has 1 aliphatic carbocycles. The van der Waals surface area contributed by atoms with Crippen molar-refractivity contribution >= 4 is 11.6 Å². The molecule has 5 rings (SSSR count). The topological polar surface area (TPSA) is 52.6 Å². The van der Waals surface area contributed by atoms with Crippen LogP contribution in [-0.2, 0) is 0 Å². The van der Waals surface area contributed by atoms with E-state index in [0.29, 0.717) is 34.1 Å². The maximum atomic E-state index is 13.5. The second-order valence-corrected chi connectivity index (χ2v) is 7.85. The first-order valence-corrected chi connectivity index (χ1v) is 10.4. The van der Waals surface area contributed by atoms with Gasteiger partial charge in [0.15, 0.2) is 11.6 Å². The fraction of sp³-hybridized carbons (Fsp3) is 0.0714. The molecule has 0 aliphatic heterocycles. The maximum Gasteiger partial charge on any atom is 0.198 e. The monoisotopic (exact) mass is 420 g/mol. The summed E-state index contributed by atoms with van der Waals surface area (Å²) in [7, 11) is 0. The number of aryl methyl sites for hydroxylation is 2. The predicted molar refractivity (Wildman–Crippen MR) is 122 cm³/mol. The maximum absolute atomic E-state index is 13.5. The third-order valence-electron chi connectivity index (χ3n) is 5.49. The average Bonchev–Trinajstić information content (AvgIpc) is 2.80. The highest BCUT2D eigenvalue weighted by Crippen LogP contribution is 2.39. The van der Waals surface area contributed by atoms with Gasteiger partial charge in [0.25, 0.3) is 0 Å². The molecule has 0 unspecified atom stereocenters. The number of rotatable bonds is 4. The van der Waals surface area contributed by atoms with Gasteiger partial charge in [0.05, 0.1) is 11.1 Å². The number of fused-ring (bicyclic) bond motifs is 2.